The molecule has 3 rings (SSSR count). The average molecular weight is 416 g/mol. The van der Waals surface area contributed by atoms with E-state index in [1.807, 2.05) is 54.6 Å². The maximum atomic E-state index is 12.1. The van der Waals surface area contributed by atoms with Crippen LogP contribution >= 0.6 is 24.0 Å². The van der Waals surface area contributed by atoms with Crippen LogP contribution in [0.15, 0.2) is 53.4 Å². The fraction of sp³-hybridized carbons (Fsp3) is 0.238. The van der Waals surface area contributed by atoms with Crippen molar-refractivity contribution in [3.05, 3.63) is 59.0 Å². The lowest BCUT2D eigenvalue weighted by atomic mass is 10.2. The summed E-state index contributed by atoms with van der Waals surface area (Å²) >= 11 is 6.46. The Morgan fingerprint density at radius 3 is 2.54 bits per heavy atom. The second kappa shape index (κ2) is 9.61. The van der Waals surface area contributed by atoms with Gasteiger partial charge in [0.15, 0.2) is 11.5 Å². The molecule has 2 aromatic rings. The number of rotatable bonds is 8. The Morgan fingerprint density at radius 2 is 1.82 bits per heavy atom. The van der Waals surface area contributed by atoms with Crippen LogP contribution in [-0.2, 0) is 4.79 Å². The van der Waals surface area contributed by atoms with Crippen molar-refractivity contribution < 1.29 is 19.0 Å². The van der Waals surface area contributed by atoms with Crippen LogP contribution in [0.5, 0.6) is 17.2 Å². The minimum atomic E-state index is -0.0742. The number of carbonyl (C=O) groups excluding carboxylic acids is 1. The van der Waals surface area contributed by atoms with Crippen molar-refractivity contribution in [3.63, 3.8) is 0 Å². The number of ether oxygens (including phenoxy) is 3. The number of thioether (sulfide) groups is 1. The molecule has 0 radical (unpaired) electrons. The molecule has 1 saturated heterocycles. The van der Waals surface area contributed by atoms with E-state index < -0.39 is 0 Å². The lowest BCUT2D eigenvalue weighted by molar-refractivity contribution is -0.121. The van der Waals surface area contributed by atoms with Crippen molar-refractivity contribution in [2.24, 2.45) is 0 Å². The smallest absolute Gasteiger partial charge is 0.265 e. The Kier molecular flexibility index (Phi) is 6.95. The number of hydrogen-bond acceptors (Lipinski definition) is 6. The second-order valence-electron chi connectivity index (χ2n) is 6.01. The number of thiocarbonyl (C=S) groups is 1. The van der Waals surface area contributed by atoms with E-state index in [1.54, 1.807) is 14.2 Å². The lowest BCUT2D eigenvalue weighted by Gasteiger charge is -2.11. The summed E-state index contributed by atoms with van der Waals surface area (Å²) in [6.45, 7) is 1.05. The number of para-hydroxylation sites is 2. The van der Waals surface area contributed by atoms with Gasteiger partial charge in [-0.1, -0.05) is 48.2 Å². The molecule has 7 heteroatoms. The molecule has 0 aliphatic carbocycles. The molecular formula is C21H21NO4S2. The van der Waals surface area contributed by atoms with Gasteiger partial charge in [-0.25, -0.2) is 0 Å². The molecular weight excluding hydrogens is 394 g/mol. The van der Waals surface area contributed by atoms with Gasteiger partial charge in [0.05, 0.1) is 25.2 Å². The highest BCUT2D eigenvalue weighted by Gasteiger charge is 2.28. The maximum Gasteiger partial charge on any atom is 0.265 e. The van der Waals surface area contributed by atoms with Crippen LogP contribution in [0, 0.1) is 0 Å². The summed E-state index contributed by atoms with van der Waals surface area (Å²) in [5.74, 6) is 2.11. The van der Waals surface area contributed by atoms with Gasteiger partial charge in [-0.2, -0.15) is 0 Å². The molecule has 2 aromatic carbocycles. The first-order valence-corrected chi connectivity index (χ1v) is 10.0. The van der Waals surface area contributed by atoms with Crippen molar-refractivity contribution >= 4 is 40.3 Å². The zero-order valence-corrected chi connectivity index (χ0v) is 17.3. The molecule has 5 nitrogen and oxygen atoms in total. The number of amides is 1. The molecule has 0 aromatic heterocycles. The summed E-state index contributed by atoms with van der Waals surface area (Å²) in [6.07, 6.45) is 2.57. The van der Waals surface area contributed by atoms with E-state index in [0.717, 1.165) is 23.5 Å². The monoisotopic (exact) mass is 415 g/mol. The van der Waals surface area contributed by atoms with Gasteiger partial charge in [0.2, 0.25) is 0 Å². The number of nitrogens with zero attached hydrogens (tertiary/aromatic N) is 1. The van der Waals surface area contributed by atoms with Gasteiger partial charge in [0.1, 0.15) is 10.1 Å². The minimum absolute atomic E-state index is 0.0742. The third-order valence-electron chi connectivity index (χ3n) is 4.03. The molecule has 1 heterocycles. The van der Waals surface area contributed by atoms with Crippen LogP contribution in [0.3, 0.4) is 0 Å². The first kappa shape index (κ1) is 20.2. The Bertz CT molecular complexity index is 897. The van der Waals surface area contributed by atoms with Gasteiger partial charge in [-0.15, -0.1) is 0 Å². The van der Waals surface area contributed by atoms with Crippen molar-refractivity contribution in [2.45, 2.75) is 6.42 Å². The quantitative estimate of drug-likeness (QED) is 0.362. The van der Waals surface area contributed by atoms with E-state index in [2.05, 4.69) is 0 Å². The standard InChI is InChI=1S/C21H21NO4S2/c1-22-20(23)19(28-21(22)27)14-15-7-5-8-16(13-15)25-11-6-12-26-18-10-4-3-9-17(18)24-2/h3-5,7-10,13-14H,6,11-12H2,1-2H3/b19-14-. The lowest BCUT2D eigenvalue weighted by Crippen LogP contribution is -2.22. The first-order chi connectivity index (χ1) is 13.6. The average Bonchev–Trinajstić information content (AvgIpc) is 2.95. The SMILES string of the molecule is COc1ccccc1OCCCOc1cccc(/C=C2\SC(=S)N(C)C2=O)c1. The minimum Gasteiger partial charge on any atom is -0.493 e. The molecule has 0 atom stereocenters. The number of benzene rings is 2. The molecule has 0 unspecified atom stereocenters. The second-order valence-corrected chi connectivity index (χ2v) is 7.69. The Morgan fingerprint density at radius 1 is 1.07 bits per heavy atom. The Labute approximate surface area is 174 Å². The normalized spacial score (nSPS) is 15.2. The molecule has 28 heavy (non-hydrogen) atoms. The highest BCUT2D eigenvalue weighted by atomic mass is 32.2. The van der Waals surface area contributed by atoms with E-state index in [0.29, 0.717) is 28.2 Å². The van der Waals surface area contributed by atoms with Crippen molar-refractivity contribution in [2.75, 3.05) is 27.4 Å². The molecule has 0 N–H and O–H groups in total. The van der Waals surface area contributed by atoms with E-state index in [9.17, 15) is 4.79 Å². The maximum absolute atomic E-state index is 12.1. The van der Waals surface area contributed by atoms with E-state index >= 15 is 0 Å². The van der Waals surface area contributed by atoms with Gasteiger partial charge in [-0.3, -0.25) is 9.69 Å². The van der Waals surface area contributed by atoms with Gasteiger partial charge >= 0.3 is 0 Å². The van der Waals surface area contributed by atoms with Gasteiger partial charge in [0.25, 0.3) is 5.91 Å². The van der Waals surface area contributed by atoms with Crippen molar-refractivity contribution in [1.29, 1.82) is 0 Å². The van der Waals surface area contributed by atoms with Gasteiger partial charge in [0, 0.05) is 13.5 Å². The molecule has 1 aliphatic rings. The number of methoxy groups -OCH3 is 1. The van der Waals surface area contributed by atoms with Crippen LogP contribution < -0.4 is 14.2 Å². The van der Waals surface area contributed by atoms with Crippen LogP contribution in [0.1, 0.15) is 12.0 Å². The first-order valence-electron chi connectivity index (χ1n) is 8.78. The summed E-state index contributed by atoms with van der Waals surface area (Å²) in [4.78, 5) is 14.2. The molecule has 1 aliphatic heterocycles. The molecule has 1 fully saturated rings. The Hall–Kier alpha value is -2.51. The molecule has 1 amide bonds. The molecule has 0 spiro atoms. The Balaban J connectivity index is 1.50. The van der Waals surface area contributed by atoms with Crippen LogP contribution in [0.25, 0.3) is 6.08 Å². The van der Waals surface area contributed by atoms with Crippen LogP contribution in [0.2, 0.25) is 0 Å². The summed E-state index contributed by atoms with van der Waals surface area (Å²) in [5, 5.41) is 0. The van der Waals surface area contributed by atoms with E-state index in [4.69, 9.17) is 26.4 Å². The molecule has 0 saturated carbocycles. The zero-order valence-electron chi connectivity index (χ0n) is 15.7. The fourth-order valence-electron chi connectivity index (χ4n) is 2.56. The molecule has 0 bridgehead atoms. The van der Waals surface area contributed by atoms with Gasteiger partial charge in [-0.05, 0) is 35.9 Å². The van der Waals surface area contributed by atoms with Crippen molar-refractivity contribution in [3.8, 4) is 17.2 Å². The van der Waals surface area contributed by atoms with E-state index in [1.165, 1.54) is 16.7 Å². The summed E-state index contributed by atoms with van der Waals surface area (Å²) < 4.78 is 17.4. The topological polar surface area (TPSA) is 48.0 Å². The highest BCUT2D eigenvalue weighted by Crippen LogP contribution is 2.31. The number of hydrogen-bond donors (Lipinski definition) is 0. The fourth-order valence-corrected chi connectivity index (χ4v) is 3.74. The number of carbonyl (C=O) groups is 1. The van der Waals surface area contributed by atoms with Gasteiger partial charge < -0.3 is 14.2 Å². The number of likely N-dealkylation sites (N-methyl/N-ethyl adjacent to an activating group) is 1. The molecule has 146 valence electrons. The predicted octanol–water partition coefficient (Wildman–Crippen LogP) is 4.37. The highest BCUT2D eigenvalue weighted by molar-refractivity contribution is 8.26. The zero-order chi connectivity index (χ0) is 19.9. The summed E-state index contributed by atoms with van der Waals surface area (Å²) in [5.41, 5.74) is 0.900. The summed E-state index contributed by atoms with van der Waals surface area (Å²) in [7, 11) is 3.31. The van der Waals surface area contributed by atoms with E-state index in [-0.39, 0.29) is 5.91 Å². The summed E-state index contributed by atoms with van der Waals surface area (Å²) in [6, 6.07) is 15.2. The largest absolute Gasteiger partial charge is 0.493 e. The predicted molar refractivity (Wildman–Crippen MR) is 116 cm³/mol. The van der Waals surface area contributed by atoms with Crippen molar-refractivity contribution in [1.82, 2.24) is 4.90 Å². The third kappa shape index (κ3) is 5.05. The third-order valence-corrected chi connectivity index (χ3v) is 5.51. The van der Waals surface area contributed by atoms with Crippen LogP contribution in [0.4, 0.5) is 0 Å². The van der Waals surface area contributed by atoms with Crippen LogP contribution in [-0.4, -0.2) is 42.5 Å².